The first kappa shape index (κ1) is 25.8. The van der Waals surface area contributed by atoms with Crippen LogP contribution in [0.15, 0.2) is 53.0 Å². The summed E-state index contributed by atoms with van der Waals surface area (Å²) in [7, 11) is 0. The molecule has 31 heavy (non-hydrogen) atoms. The van der Waals surface area contributed by atoms with Gasteiger partial charge in [0.15, 0.2) is 0 Å². The Bertz CT molecular complexity index is 861. The molecule has 0 bridgehead atoms. The van der Waals surface area contributed by atoms with Crippen LogP contribution in [0.1, 0.15) is 38.3 Å². The van der Waals surface area contributed by atoms with Crippen molar-refractivity contribution in [3.63, 3.8) is 0 Å². The summed E-state index contributed by atoms with van der Waals surface area (Å²) >= 11 is 11.3. The molecule has 0 aliphatic rings. The zero-order valence-corrected chi connectivity index (χ0v) is 21.4. The monoisotopic (exact) mass is 524 g/mol. The minimum atomic E-state index is -0.532. The summed E-state index contributed by atoms with van der Waals surface area (Å²) in [4.78, 5) is 27.8. The Morgan fingerprint density at radius 2 is 1.81 bits per heavy atom. The summed E-state index contributed by atoms with van der Waals surface area (Å²) in [5.41, 5.74) is 1.99. The van der Waals surface area contributed by atoms with Gasteiger partial charge in [-0.1, -0.05) is 78.6 Å². The molecule has 1 N–H and O–H groups in total. The molecule has 0 radical (unpaired) electrons. The van der Waals surface area contributed by atoms with Crippen LogP contribution in [0.2, 0.25) is 5.02 Å². The number of halogens is 2. The van der Waals surface area contributed by atoms with E-state index in [2.05, 4.69) is 21.2 Å². The number of nitrogens with zero attached hydrogens (tertiary/aromatic N) is 1. The van der Waals surface area contributed by atoms with Crippen molar-refractivity contribution < 1.29 is 9.59 Å². The van der Waals surface area contributed by atoms with E-state index in [9.17, 15) is 9.59 Å². The van der Waals surface area contributed by atoms with Gasteiger partial charge in [0.25, 0.3) is 0 Å². The minimum absolute atomic E-state index is 0.0615. The van der Waals surface area contributed by atoms with Crippen LogP contribution in [0, 0.1) is 5.92 Å². The van der Waals surface area contributed by atoms with Gasteiger partial charge >= 0.3 is 0 Å². The minimum Gasteiger partial charge on any atom is -0.354 e. The third kappa shape index (κ3) is 8.51. The molecular formula is C24H30BrClN2O2S. The number of thioether (sulfide) groups is 1. The normalized spacial score (nSPS) is 11.9. The second-order valence-electron chi connectivity index (χ2n) is 7.80. The predicted octanol–water partition coefficient (Wildman–Crippen LogP) is 5.92. The molecule has 0 aliphatic heterocycles. The van der Waals surface area contributed by atoms with E-state index in [4.69, 9.17) is 11.6 Å². The molecule has 2 rings (SSSR count). The van der Waals surface area contributed by atoms with Crippen molar-refractivity contribution >= 4 is 51.1 Å². The third-order valence-electron chi connectivity index (χ3n) is 4.78. The summed E-state index contributed by atoms with van der Waals surface area (Å²) in [6.45, 7) is 6.92. The molecule has 0 spiro atoms. The van der Waals surface area contributed by atoms with Gasteiger partial charge < -0.3 is 10.2 Å². The van der Waals surface area contributed by atoms with Gasteiger partial charge in [0.05, 0.1) is 5.75 Å². The van der Waals surface area contributed by atoms with E-state index in [0.717, 1.165) is 21.4 Å². The highest BCUT2D eigenvalue weighted by atomic mass is 79.9. The van der Waals surface area contributed by atoms with Crippen LogP contribution < -0.4 is 5.32 Å². The van der Waals surface area contributed by atoms with Crippen molar-refractivity contribution in [3.05, 3.63) is 69.2 Å². The van der Waals surface area contributed by atoms with Crippen LogP contribution in [-0.4, -0.2) is 35.1 Å². The van der Waals surface area contributed by atoms with E-state index in [1.54, 1.807) is 16.7 Å². The second kappa shape index (κ2) is 13.1. The Hall–Kier alpha value is -1.50. The summed E-state index contributed by atoms with van der Waals surface area (Å²) in [5, 5.41) is 3.58. The lowest BCUT2D eigenvalue weighted by Crippen LogP contribution is -2.50. The SMILES string of the molecule is CCC(C(=O)NCC(C)C)N(Cc1ccccc1Cl)C(=O)CSCc1ccc(Br)cc1. The summed E-state index contributed by atoms with van der Waals surface area (Å²) < 4.78 is 1.03. The number of benzene rings is 2. The van der Waals surface area contributed by atoms with Crippen LogP contribution in [0.5, 0.6) is 0 Å². The average Bonchev–Trinajstić information content (AvgIpc) is 2.74. The van der Waals surface area contributed by atoms with Crippen LogP contribution in [-0.2, 0) is 21.9 Å². The largest absolute Gasteiger partial charge is 0.354 e. The van der Waals surface area contributed by atoms with Crippen molar-refractivity contribution in [1.82, 2.24) is 10.2 Å². The Morgan fingerprint density at radius 3 is 2.42 bits per heavy atom. The van der Waals surface area contributed by atoms with Crippen molar-refractivity contribution in [2.45, 2.75) is 45.5 Å². The highest BCUT2D eigenvalue weighted by Gasteiger charge is 2.29. The molecule has 0 saturated carbocycles. The van der Waals surface area contributed by atoms with E-state index in [1.807, 2.05) is 69.3 Å². The first-order chi connectivity index (χ1) is 14.8. The maximum absolute atomic E-state index is 13.2. The second-order valence-corrected chi connectivity index (χ2v) is 10.1. The molecule has 0 aromatic heterocycles. The standard InChI is InChI=1S/C24H30BrClN2O2S/c1-4-22(24(30)27-13-17(2)3)28(14-19-7-5-6-8-21(19)26)23(29)16-31-15-18-9-11-20(25)12-10-18/h5-12,17,22H,4,13-16H2,1-3H3,(H,27,30). The number of nitrogens with one attached hydrogen (secondary N) is 1. The first-order valence-electron chi connectivity index (χ1n) is 10.4. The van der Waals surface area contributed by atoms with Gasteiger partial charge in [-0.3, -0.25) is 9.59 Å². The van der Waals surface area contributed by atoms with Gasteiger partial charge in [-0.15, -0.1) is 11.8 Å². The predicted molar refractivity (Wildman–Crippen MR) is 134 cm³/mol. The van der Waals surface area contributed by atoms with E-state index < -0.39 is 6.04 Å². The molecule has 1 unspecified atom stereocenters. The lowest BCUT2D eigenvalue weighted by Gasteiger charge is -2.31. The van der Waals surface area contributed by atoms with Gasteiger partial charge in [0, 0.05) is 28.3 Å². The van der Waals surface area contributed by atoms with Crippen molar-refractivity contribution in [1.29, 1.82) is 0 Å². The molecule has 2 amide bonds. The Kier molecular flexibility index (Phi) is 10.9. The molecule has 0 aliphatic carbocycles. The zero-order chi connectivity index (χ0) is 22.8. The molecular weight excluding hydrogens is 496 g/mol. The Morgan fingerprint density at radius 1 is 1.13 bits per heavy atom. The average molecular weight is 526 g/mol. The fourth-order valence-electron chi connectivity index (χ4n) is 3.07. The molecule has 0 saturated heterocycles. The number of carbonyl (C=O) groups is 2. The van der Waals surface area contributed by atoms with Crippen molar-refractivity contribution in [2.24, 2.45) is 5.92 Å². The van der Waals surface area contributed by atoms with Gasteiger partial charge in [-0.2, -0.15) is 0 Å². The van der Waals surface area contributed by atoms with Crippen LogP contribution >= 0.6 is 39.3 Å². The number of carbonyl (C=O) groups excluding carboxylic acids is 2. The number of amides is 2. The third-order valence-corrected chi connectivity index (χ3v) is 6.66. The maximum atomic E-state index is 13.2. The highest BCUT2D eigenvalue weighted by Crippen LogP contribution is 2.22. The van der Waals surface area contributed by atoms with Crippen LogP contribution in [0.4, 0.5) is 0 Å². The van der Waals surface area contributed by atoms with E-state index in [0.29, 0.717) is 36.2 Å². The van der Waals surface area contributed by atoms with Crippen LogP contribution in [0.3, 0.4) is 0 Å². The summed E-state index contributed by atoms with van der Waals surface area (Å²) in [5.74, 6) is 1.20. The first-order valence-corrected chi connectivity index (χ1v) is 12.8. The molecule has 7 heteroatoms. The lowest BCUT2D eigenvalue weighted by molar-refractivity contribution is -0.139. The molecule has 2 aromatic carbocycles. The molecule has 168 valence electrons. The molecule has 0 fully saturated rings. The smallest absolute Gasteiger partial charge is 0.242 e. The fourth-order valence-corrected chi connectivity index (χ4v) is 4.40. The topological polar surface area (TPSA) is 49.4 Å². The van der Waals surface area contributed by atoms with E-state index in [-0.39, 0.29) is 11.8 Å². The van der Waals surface area contributed by atoms with Gasteiger partial charge in [-0.05, 0) is 41.7 Å². The number of hydrogen-bond acceptors (Lipinski definition) is 3. The fraction of sp³-hybridized carbons (Fsp3) is 0.417. The summed E-state index contributed by atoms with van der Waals surface area (Å²) in [6, 6.07) is 15.0. The Balaban J connectivity index is 2.12. The molecule has 0 heterocycles. The van der Waals surface area contributed by atoms with Crippen molar-refractivity contribution in [2.75, 3.05) is 12.3 Å². The van der Waals surface area contributed by atoms with Gasteiger partial charge in [0.2, 0.25) is 11.8 Å². The van der Waals surface area contributed by atoms with E-state index >= 15 is 0 Å². The van der Waals surface area contributed by atoms with Crippen molar-refractivity contribution in [3.8, 4) is 0 Å². The lowest BCUT2D eigenvalue weighted by atomic mass is 10.1. The maximum Gasteiger partial charge on any atom is 0.242 e. The number of rotatable bonds is 11. The quantitative estimate of drug-likeness (QED) is 0.396. The van der Waals surface area contributed by atoms with Gasteiger partial charge in [-0.25, -0.2) is 0 Å². The van der Waals surface area contributed by atoms with Crippen LogP contribution in [0.25, 0.3) is 0 Å². The Labute approximate surface area is 203 Å². The number of hydrogen-bond donors (Lipinski definition) is 1. The van der Waals surface area contributed by atoms with E-state index in [1.165, 1.54) is 0 Å². The molecule has 4 nitrogen and oxygen atoms in total. The molecule has 2 aromatic rings. The highest BCUT2D eigenvalue weighted by molar-refractivity contribution is 9.10. The summed E-state index contributed by atoms with van der Waals surface area (Å²) in [6.07, 6.45) is 0.539. The molecule has 1 atom stereocenters. The zero-order valence-electron chi connectivity index (χ0n) is 18.2. The van der Waals surface area contributed by atoms with Gasteiger partial charge in [0.1, 0.15) is 6.04 Å².